The number of sulfonamides is 1. The van der Waals surface area contributed by atoms with Crippen molar-refractivity contribution in [2.45, 2.75) is 29.7 Å². The van der Waals surface area contributed by atoms with Crippen LogP contribution >= 0.6 is 23.2 Å². The van der Waals surface area contributed by atoms with Gasteiger partial charge >= 0.3 is 0 Å². The molecule has 4 aromatic carbocycles. The van der Waals surface area contributed by atoms with Crippen molar-refractivity contribution in [2.24, 2.45) is 0 Å². The zero-order valence-electron chi connectivity index (χ0n) is 24.5. The Morgan fingerprint density at radius 1 is 0.822 bits per heavy atom. The maximum Gasteiger partial charge on any atom is 0.251 e. The molecule has 2 N–H and O–H groups in total. The number of rotatable bonds is 8. The number of carbonyl (C=O) groups is 1. The Kier molecular flexibility index (Phi) is 9.05. The fourth-order valence-corrected chi connectivity index (χ4v) is 7.48. The average Bonchev–Trinajstić information content (AvgIpc) is 3.07. The van der Waals surface area contributed by atoms with Crippen molar-refractivity contribution in [3.63, 3.8) is 0 Å². The molecule has 1 aliphatic heterocycles. The SMILES string of the molecule is CNC(=O)c1ccc(S(=O)(=O)N2CCC(Nc3ncnc4ccc(C(c5ccc(Cl)cc5)c5ccc(Cl)cc5)cc34)CC2)cc1. The molecule has 8 nitrogen and oxygen atoms in total. The van der Waals surface area contributed by atoms with Gasteiger partial charge in [0.1, 0.15) is 12.1 Å². The number of nitrogens with zero attached hydrogens (tertiary/aromatic N) is 3. The molecule has 11 heteroatoms. The van der Waals surface area contributed by atoms with E-state index < -0.39 is 10.0 Å². The highest BCUT2D eigenvalue weighted by Crippen LogP contribution is 2.36. The molecule has 0 saturated carbocycles. The Morgan fingerprint density at radius 2 is 1.40 bits per heavy atom. The van der Waals surface area contributed by atoms with Crippen molar-refractivity contribution in [2.75, 3.05) is 25.5 Å². The van der Waals surface area contributed by atoms with E-state index >= 15 is 0 Å². The minimum absolute atomic E-state index is 0.0251. The predicted octanol–water partition coefficient (Wildman–Crippen LogP) is 6.74. The van der Waals surface area contributed by atoms with Crippen LogP contribution in [0.15, 0.2) is 102 Å². The largest absolute Gasteiger partial charge is 0.367 e. The normalized spacial score (nSPS) is 14.5. The molecule has 5 aromatic rings. The summed E-state index contributed by atoms with van der Waals surface area (Å²) < 4.78 is 28.1. The molecule has 0 bridgehead atoms. The van der Waals surface area contributed by atoms with Crippen LogP contribution in [0, 0.1) is 0 Å². The first kappa shape index (κ1) is 31.0. The molecule has 0 aliphatic carbocycles. The Labute approximate surface area is 272 Å². The molecule has 0 atom stereocenters. The van der Waals surface area contributed by atoms with Crippen LogP contribution in [0.25, 0.3) is 10.9 Å². The summed E-state index contributed by atoms with van der Waals surface area (Å²) in [6.45, 7) is 0.724. The van der Waals surface area contributed by atoms with E-state index in [1.54, 1.807) is 6.33 Å². The lowest BCUT2D eigenvalue weighted by Gasteiger charge is -2.32. The number of anilines is 1. The molecule has 45 heavy (non-hydrogen) atoms. The molecule has 230 valence electrons. The van der Waals surface area contributed by atoms with Crippen molar-refractivity contribution < 1.29 is 13.2 Å². The Balaban J connectivity index is 1.23. The van der Waals surface area contributed by atoms with Crippen LogP contribution in [0.2, 0.25) is 10.0 Å². The van der Waals surface area contributed by atoms with E-state index in [-0.39, 0.29) is 22.8 Å². The number of hydrogen-bond donors (Lipinski definition) is 2. The Morgan fingerprint density at radius 3 is 1.98 bits per heavy atom. The van der Waals surface area contributed by atoms with Gasteiger partial charge in [-0.2, -0.15) is 4.31 Å². The maximum absolute atomic E-state index is 13.3. The summed E-state index contributed by atoms with van der Waals surface area (Å²) in [5, 5.41) is 8.34. The van der Waals surface area contributed by atoms with Gasteiger partial charge in [-0.1, -0.05) is 53.5 Å². The van der Waals surface area contributed by atoms with Crippen LogP contribution in [0.4, 0.5) is 5.82 Å². The number of halogens is 2. The maximum atomic E-state index is 13.3. The van der Waals surface area contributed by atoms with Gasteiger partial charge in [-0.25, -0.2) is 18.4 Å². The first-order valence-corrected chi connectivity index (χ1v) is 16.8. The van der Waals surface area contributed by atoms with Gasteiger partial charge in [0, 0.05) is 53.1 Å². The van der Waals surface area contributed by atoms with Gasteiger partial charge in [-0.05, 0) is 90.2 Å². The molecule has 6 rings (SSSR count). The molecule has 1 aliphatic rings. The van der Waals surface area contributed by atoms with Gasteiger partial charge in [-0.3, -0.25) is 4.79 Å². The molecular formula is C34H31Cl2N5O3S. The zero-order chi connectivity index (χ0) is 31.6. The number of benzene rings is 4. The lowest BCUT2D eigenvalue weighted by Crippen LogP contribution is -2.42. The highest BCUT2D eigenvalue weighted by Gasteiger charge is 2.30. The smallest absolute Gasteiger partial charge is 0.251 e. The van der Waals surface area contributed by atoms with Gasteiger partial charge in [0.25, 0.3) is 5.91 Å². The predicted molar refractivity (Wildman–Crippen MR) is 179 cm³/mol. The lowest BCUT2D eigenvalue weighted by atomic mass is 9.84. The minimum atomic E-state index is -3.68. The van der Waals surface area contributed by atoms with Gasteiger partial charge in [0.05, 0.1) is 10.4 Å². The lowest BCUT2D eigenvalue weighted by molar-refractivity contribution is 0.0963. The molecule has 1 fully saturated rings. The monoisotopic (exact) mass is 659 g/mol. The van der Waals surface area contributed by atoms with Crippen LogP contribution in [-0.2, 0) is 10.0 Å². The van der Waals surface area contributed by atoms with E-state index in [9.17, 15) is 13.2 Å². The van der Waals surface area contributed by atoms with E-state index in [1.165, 1.54) is 35.6 Å². The highest BCUT2D eigenvalue weighted by molar-refractivity contribution is 7.89. The number of carbonyl (C=O) groups excluding carboxylic acids is 1. The van der Waals surface area contributed by atoms with Crippen LogP contribution in [-0.4, -0.2) is 54.8 Å². The first-order valence-electron chi connectivity index (χ1n) is 14.6. The zero-order valence-corrected chi connectivity index (χ0v) is 26.8. The molecular weight excluding hydrogens is 629 g/mol. The van der Waals surface area contributed by atoms with E-state index in [0.29, 0.717) is 47.4 Å². The summed E-state index contributed by atoms with van der Waals surface area (Å²) in [7, 11) is -2.15. The standard InChI is InChI=1S/C34H31Cl2N5O3S/c1-37-34(42)24-6-13-29(14-7-24)45(43,44)41-18-16-28(17-19-41)40-33-30-20-25(8-15-31(30)38-21-39-33)32(22-2-9-26(35)10-3-22)23-4-11-27(36)12-5-23/h2-15,20-21,28,32H,16-19H2,1H3,(H,37,42)(H,38,39,40). The topological polar surface area (TPSA) is 104 Å². The van der Waals surface area contributed by atoms with Gasteiger partial charge in [0.2, 0.25) is 10.0 Å². The summed E-state index contributed by atoms with van der Waals surface area (Å²) >= 11 is 12.4. The minimum Gasteiger partial charge on any atom is -0.367 e. The summed E-state index contributed by atoms with van der Waals surface area (Å²) in [5.41, 5.74) is 4.46. The highest BCUT2D eigenvalue weighted by atomic mass is 35.5. The second kappa shape index (κ2) is 13.1. The molecule has 1 amide bonds. The second-order valence-corrected chi connectivity index (χ2v) is 13.8. The fraction of sp³-hybridized carbons (Fsp3) is 0.206. The van der Waals surface area contributed by atoms with Crippen molar-refractivity contribution in [1.29, 1.82) is 0 Å². The number of aromatic nitrogens is 2. The summed E-state index contributed by atoms with van der Waals surface area (Å²) in [4.78, 5) is 21.1. The number of amides is 1. The third-order valence-electron chi connectivity index (χ3n) is 8.18. The molecule has 1 saturated heterocycles. The van der Waals surface area contributed by atoms with E-state index in [4.69, 9.17) is 23.2 Å². The first-order chi connectivity index (χ1) is 21.7. The molecule has 2 heterocycles. The van der Waals surface area contributed by atoms with E-state index in [0.717, 1.165) is 27.6 Å². The number of fused-ring (bicyclic) bond motifs is 1. The summed E-state index contributed by atoms with van der Waals surface area (Å²) in [6.07, 6.45) is 2.76. The Bertz CT molecular complexity index is 1880. The van der Waals surface area contributed by atoms with Crippen LogP contribution < -0.4 is 10.6 Å². The number of hydrogen-bond acceptors (Lipinski definition) is 6. The second-order valence-electron chi connectivity index (χ2n) is 11.0. The van der Waals surface area contributed by atoms with Crippen LogP contribution in [0.1, 0.15) is 45.8 Å². The third kappa shape index (κ3) is 6.67. The van der Waals surface area contributed by atoms with Crippen molar-refractivity contribution in [3.8, 4) is 0 Å². The molecule has 0 spiro atoms. The van der Waals surface area contributed by atoms with E-state index in [2.05, 4.69) is 32.7 Å². The quantitative estimate of drug-likeness (QED) is 0.179. The van der Waals surface area contributed by atoms with Crippen molar-refractivity contribution >= 4 is 55.9 Å². The molecule has 0 unspecified atom stereocenters. The van der Waals surface area contributed by atoms with Crippen molar-refractivity contribution in [3.05, 3.63) is 130 Å². The summed E-state index contributed by atoms with van der Waals surface area (Å²) in [5.74, 6) is 0.371. The summed E-state index contributed by atoms with van der Waals surface area (Å²) in [6, 6.07) is 27.9. The van der Waals surface area contributed by atoms with Crippen LogP contribution in [0.5, 0.6) is 0 Å². The van der Waals surface area contributed by atoms with Gasteiger partial charge in [0.15, 0.2) is 0 Å². The fourth-order valence-electron chi connectivity index (χ4n) is 5.76. The van der Waals surface area contributed by atoms with Gasteiger partial charge in [-0.15, -0.1) is 0 Å². The van der Waals surface area contributed by atoms with Crippen LogP contribution in [0.3, 0.4) is 0 Å². The van der Waals surface area contributed by atoms with Gasteiger partial charge < -0.3 is 10.6 Å². The third-order valence-corrected chi connectivity index (χ3v) is 10.6. The number of piperidine rings is 1. The van der Waals surface area contributed by atoms with E-state index in [1.807, 2.05) is 54.6 Å². The van der Waals surface area contributed by atoms with Crippen molar-refractivity contribution in [1.82, 2.24) is 19.6 Å². The molecule has 1 aromatic heterocycles. The number of nitrogens with one attached hydrogen (secondary N) is 2. The Hall–Kier alpha value is -4.02. The molecule has 0 radical (unpaired) electrons. The average molecular weight is 661 g/mol.